The maximum Gasteiger partial charge on any atom is 0.305 e. The van der Waals surface area contributed by atoms with Gasteiger partial charge in [-0.3, -0.25) is 4.79 Å². The Bertz CT molecular complexity index is 442. The van der Waals surface area contributed by atoms with Crippen molar-refractivity contribution < 1.29 is 9.53 Å². The Kier molecular flexibility index (Phi) is 31.5. The normalized spacial score (nSPS) is 11.5. The quantitative estimate of drug-likeness (QED) is 0.0550. The highest BCUT2D eigenvalue weighted by molar-refractivity contribution is 5.69. The van der Waals surface area contributed by atoms with Crippen LogP contribution in [0.15, 0.2) is 12.2 Å². The monoisotopic (exact) mass is 507 g/mol. The number of carbonyl (C=O) groups excluding carboxylic acids is 1. The lowest BCUT2D eigenvalue weighted by molar-refractivity contribution is -0.143. The largest absolute Gasteiger partial charge is 0.466 e. The topological polar surface area (TPSA) is 26.3 Å². The molecule has 0 fully saturated rings. The van der Waals surface area contributed by atoms with Crippen LogP contribution in [-0.2, 0) is 9.53 Å². The Morgan fingerprint density at radius 3 is 1.19 bits per heavy atom. The molecule has 0 atom stereocenters. The molecule has 0 spiro atoms. The zero-order chi connectivity index (χ0) is 26.2. The van der Waals surface area contributed by atoms with E-state index in [1.807, 2.05) is 0 Å². The second-order valence-electron chi connectivity index (χ2n) is 11.2. The van der Waals surface area contributed by atoms with Crippen molar-refractivity contribution in [2.24, 2.45) is 0 Å². The summed E-state index contributed by atoms with van der Waals surface area (Å²) in [5.41, 5.74) is 0. The summed E-state index contributed by atoms with van der Waals surface area (Å²) < 4.78 is 5.42. The summed E-state index contributed by atoms with van der Waals surface area (Å²) in [5.74, 6) is 0.0193. The third kappa shape index (κ3) is 31.2. The van der Waals surface area contributed by atoms with Crippen LogP contribution in [0.25, 0.3) is 0 Å². The van der Waals surface area contributed by atoms with E-state index in [2.05, 4.69) is 26.0 Å². The van der Waals surface area contributed by atoms with Gasteiger partial charge >= 0.3 is 5.97 Å². The Morgan fingerprint density at radius 1 is 0.444 bits per heavy atom. The molecule has 0 aromatic carbocycles. The minimum absolute atomic E-state index is 0.0193. The maximum atomic E-state index is 11.9. The SMILES string of the molecule is CCCCCCCC/C=C/CCCCCCCCOC(=O)CCCCCCCCCCCCCCC. The van der Waals surface area contributed by atoms with Gasteiger partial charge in [0, 0.05) is 6.42 Å². The first kappa shape index (κ1) is 35.2. The first-order valence-corrected chi connectivity index (χ1v) is 16.6. The zero-order valence-electron chi connectivity index (χ0n) is 25.0. The second-order valence-corrected chi connectivity index (χ2v) is 11.2. The molecule has 0 amide bonds. The second kappa shape index (κ2) is 32.2. The Balaban J connectivity index is 3.18. The van der Waals surface area contributed by atoms with Crippen LogP contribution in [0, 0.1) is 0 Å². The standard InChI is InChI=1S/C34H66O2/c1-3-5-7-9-11-13-15-17-18-19-21-23-25-27-29-31-33-36-34(35)32-30-28-26-24-22-20-16-14-12-10-8-6-4-2/h17-18H,3-16,19-33H2,1-2H3/b18-17+. The van der Waals surface area contributed by atoms with Crippen molar-refractivity contribution in [1.29, 1.82) is 0 Å². The lowest BCUT2D eigenvalue weighted by Crippen LogP contribution is -2.05. The van der Waals surface area contributed by atoms with Gasteiger partial charge in [0.2, 0.25) is 0 Å². The molecule has 0 N–H and O–H groups in total. The molecule has 0 saturated heterocycles. The number of allylic oxidation sites excluding steroid dienone is 2. The van der Waals surface area contributed by atoms with Crippen LogP contribution in [0.2, 0.25) is 0 Å². The van der Waals surface area contributed by atoms with Gasteiger partial charge < -0.3 is 4.74 Å². The highest BCUT2D eigenvalue weighted by Gasteiger charge is 2.02. The minimum Gasteiger partial charge on any atom is -0.466 e. The van der Waals surface area contributed by atoms with Gasteiger partial charge in [0.25, 0.3) is 0 Å². The minimum atomic E-state index is 0.0193. The van der Waals surface area contributed by atoms with Gasteiger partial charge in [0.15, 0.2) is 0 Å². The summed E-state index contributed by atoms with van der Waals surface area (Å²) in [6, 6.07) is 0. The molecule has 0 aliphatic rings. The average molecular weight is 507 g/mol. The van der Waals surface area contributed by atoms with Crippen LogP contribution >= 0.6 is 0 Å². The van der Waals surface area contributed by atoms with Crippen LogP contribution in [0.4, 0.5) is 0 Å². The molecule has 0 aliphatic carbocycles. The molecule has 2 heteroatoms. The third-order valence-corrected chi connectivity index (χ3v) is 7.40. The average Bonchev–Trinajstić information content (AvgIpc) is 2.88. The van der Waals surface area contributed by atoms with Crippen LogP contribution in [0.5, 0.6) is 0 Å². The van der Waals surface area contributed by atoms with Crippen molar-refractivity contribution in [3.05, 3.63) is 12.2 Å². The highest BCUT2D eigenvalue weighted by Crippen LogP contribution is 2.14. The van der Waals surface area contributed by atoms with Gasteiger partial charge in [-0.2, -0.15) is 0 Å². The fourth-order valence-corrected chi connectivity index (χ4v) is 4.89. The van der Waals surface area contributed by atoms with E-state index in [0.717, 1.165) is 12.8 Å². The van der Waals surface area contributed by atoms with E-state index in [1.54, 1.807) is 0 Å². The van der Waals surface area contributed by atoms with Crippen LogP contribution < -0.4 is 0 Å². The summed E-state index contributed by atoms with van der Waals surface area (Å²) in [4.78, 5) is 11.9. The molecule has 36 heavy (non-hydrogen) atoms. The summed E-state index contributed by atoms with van der Waals surface area (Å²) in [5, 5.41) is 0. The predicted octanol–water partition coefficient (Wildman–Crippen LogP) is 12.0. The van der Waals surface area contributed by atoms with Crippen molar-refractivity contribution in [3.63, 3.8) is 0 Å². The maximum absolute atomic E-state index is 11.9. The zero-order valence-corrected chi connectivity index (χ0v) is 25.0. The van der Waals surface area contributed by atoms with E-state index in [0.29, 0.717) is 13.0 Å². The smallest absolute Gasteiger partial charge is 0.305 e. The number of unbranched alkanes of at least 4 members (excludes halogenated alkanes) is 24. The summed E-state index contributed by atoms with van der Waals surface area (Å²) in [6.45, 7) is 5.18. The van der Waals surface area contributed by atoms with E-state index < -0.39 is 0 Å². The molecular formula is C34H66O2. The van der Waals surface area contributed by atoms with Crippen molar-refractivity contribution >= 4 is 5.97 Å². The fourth-order valence-electron chi connectivity index (χ4n) is 4.89. The van der Waals surface area contributed by atoms with Crippen molar-refractivity contribution in [2.45, 2.75) is 194 Å². The van der Waals surface area contributed by atoms with E-state index in [1.165, 1.54) is 161 Å². The third-order valence-electron chi connectivity index (χ3n) is 7.40. The first-order chi connectivity index (χ1) is 17.8. The van der Waals surface area contributed by atoms with E-state index in [4.69, 9.17) is 4.74 Å². The number of hydrogen-bond acceptors (Lipinski definition) is 2. The fraction of sp³-hybridized carbons (Fsp3) is 0.912. The number of ether oxygens (including phenoxy) is 1. The first-order valence-electron chi connectivity index (χ1n) is 16.6. The lowest BCUT2D eigenvalue weighted by atomic mass is 10.0. The number of hydrogen-bond donors (Lipinski definition) is 0. The molecule has 0 rings (SSSR count). The van der Waals surface area contributed by atoms with E-state index in [9.17, 15) is 4.79 Å². The van der Waals surface area contributed by atoms with E-state index >= 15 is 0 Å². The molecule has 214 valence electrons. The summed E-state index contributed by atoms with van der Waals surface area (Å²) >= 11 is 0. The lowest BCUT2D eigenvalue weighted by Gasteiger charge is -2.05. The van der Waals surface area contributed by atoms with Gasteiger partial charge in [-0.1, -0.05) is 161 Å². The molecule has 0 aromatic heterocycles. The molecule has 0 aromatic rings. The highest BCUT2D eigenvalue weighted by atomic mass is 16.5. The Labute approximate surface area is 227 Å². The van der Waals surface area contributed by atoms with Crippen LogP contribution in [0.1, 0.15) is 194 Å². The summed E-state index contributed by atoms with van der Waals surface area (Å²) in [6.07, 6.45) is 41.2. The van der Waals surface area contributed by atoms with Crippen molar-refractivity contribution in [2.75, 3.05) is 6.61 Å². The Morgan fingerprint density at radius 2 is 0.778 bits per heavy atom. The van der Waals surface area contributed by atoms with Crippen LogP contribution in [0.3, 0.4) is 0 Å². The van der Waals surface area contributed by atoms with E-state index in [-0.39, 0.29) is 5.97 Å². The van der Waals surface area contributed by atoms with Crippen LogP contribution in [-0.4, -0.2) is 12.6 Å². The van der Waals surface area contributed by atoms with Gasteiger partial charge in [0.05, 0.1) is 6.61 Å². The molecule has 0 heterocycles. The molecule has 0 bridgehead atoms. The summed E-state index contributed by atoms with van der Waals surface area (Å²) in [7, 11) is 0. The van der Waals surface area contributed by atoms with Gasteiger partial charge in [-0.15, -0.1) is 0 Å². The molecule has 0 radical (unpaired) electrons. The molecule has 0 unspecified atom stereocenters. The Hall–Kier alpha value is -0.790. The van der Waals surface area contributed by atoms with Gasteiger partial charge in [-0.25, -0.2) is 0 Å². The number of rotatable bonds is 30. The molecular weight excluding hydrogens is 440 g/mol. The molecule has 2 nitrogen and oxygen atoms in total. The van der Waals surface area contributed by atoms with Crippen molar-refractivity contribution in [3.8, 4) is 0 Å². The predicted molar refractivity (Wildman–Crippen MR) is 161 cm³/mol. The van der Waals surface area contributed by atoms with Crippen molar-refractivity contribution in [1.82, 2.24) is 0 Å². The molecule has 0 saturated carbocycles. The number of esters is 1. The molecule has 0 aliphatic heterocycles. The van der Waals surface area contributed by atoms with Gasteiger partial charge in [0.1, 0.15) is 0 Å². The van der Waals surface area contributed by atoms with Gasteiger partial charge in [-0.05, 0) is 38.5 Å². The number of carbonyl (C=O) groups is 1.